The zero-order valence-corrected chi connectivity index (χ0v) is 23.5. The number of imide groups is 1. The Morgan fingerprint density at radius 2 is 1.27 bits per heavy atom. The van der Waals surface area contributed by atoms with Crippen molar-refractivity contribution in [2.24, 2.45) is 0 Å². The molecule has 3 rings (SSSR count). The van der Waals surface area contributed by atoms with Gasteiger partial charge >= 0.3 is 0 Å². The van der Waals surface area contributed by atoms with Gasteiger partial charge in [-0.3, -0.25) is 14.5 Å². The van der Waals surface area contributed by atoms with E-state index in [0.29, 0.717) is 0 Å². The molecule has 9 nitrogen and oxygen atoms in total. The summed E-state index contributed by atoms with van der Waals surface area (Å²) >= 11 is 0. The van der Waals surface area contributed by atoms with Gasteiger partial charge in [0.2, 0.25) is 0 Å². The molecule has 2 N–H and O–H groups in total. The van der Waals surface area contributed by atoms with Gasteiger partial charge in [0.25, 0.3) is 11.8 Å². The molecule has 3 aliphatic rings. The van der Waals surface area contributed by atoms with Gasteiger partial charge in [0.15, 0.2) is 35.1 Å². The van der Waals surface area contributed by atoms with Crippen molar-refractivity contribution in [1.29, 1.82) is 0 Å². The monoisotopic (exact) mass is 503 g/mol. The molecule has 0 aromatic rings. The highest BCUT2D eigenvalue weighted by Gasteiger charge is 2.62. The Morgan fingerprint density at radius 1 is 0.848 bits per heavy atom. The minimum Gasteiger partial charge on any atom is -0.409 e. The van der Waals surface area contributed by atoms with Crippen molar-refractivity contribution in [2.75, 3.05) is 6.61 Å². The highest BCUT2D eigenvalue weighted by Crippen LogP contribution is 2.45. The van der Waals surface area contributed by atoms with Gasteiger partial charge in [0.1, 0.15) is 12.2 Å². The van der Waals surface area contributed by atoms with Crippen molar-refractivity contribution >= 4 is 28.4 Å². The molecular weight excluding hydrogens is 462 g/mol. The van der Waals surface area contributed by atoms with Crippen molar-refractivity contribution in [1.82, 2.24) is 4.90 Å². The van der Waals surface area contributed by atoms with Crippen LogP contribution in [0.15, 0.2) is 0 Å². The lowest BCUT2D eigenvalue weighted by molar-refractivity contribution is -0.207. The molecule has 3 fully saturated rings. The lowest BCUT2D eigenvalue weighted by atomic mass is 9.96. The van der Waals surface area contributed by atoms with Gasteiger partial charge in [0.05, 0.1) is 18.8 Å². The average molecular weight is 504 g/mol. The number of fused-ring (bicyclic) bond motifs is 2. The maximum atomic E-state index is 13.0. The van der Waals surface area contributed by atoms with E-state index in [1.54, 1.807) is 0 Å². The van der Waals surface area contributed by atoms with Crippen LogP contribution < -0.4 is 0 Å². The van der Waals surface area contributed by atoms with Crippen LogP contribution in [0, 0.1) is 0 Å². The van der Waals surface area contributed by atoms with Gasteiger partial charge in [-0.1, -0.05) is 41.5 Å². The number of likely N-dealkylation sites (tertiary alicyclic amines) is 1. The number of carbonyl (C=O) groups excluding carboxylic acids is 2. The second-order valence-corrected chi connectivity index (χ2v) is 22.0. The van der Waals surface area contributed by atoms with Crippen LogP contribution in [-0.4, -0.2) is 93.0 Å². The number of rotatable bonds is 5. The van der Waals surface area contributed by atoms with Crippen LogP contribution in [0.25, 0.3) is 0 Å². The largest absolute Gasteiger partial charge is 0.409 e. The van der Waals surface area contributed by atoms with E-state index in [0.717, 1.165) is 4.90 Å². The fourth-order valence-electron chi connectivity index (χ4n) is 3.91. The van der Waals surface area contributed by atoms with Crippen LogP contribution in [0.1, 0.15) is 41.5 Å². The van der Waals surface area contributed by atoms with E-state index >= 15 is 0 Å². The molecule has 3 heterocycles. The standard InChI is InChI=1S/C22H41NO8Si2/c1-21(2,3)32(7,8)30-16-12-11-28-20(29-12)17(31-33(9,10)22(4,5)6)13(16)23-18(26)14(24)15(25)19(23)27/h12-17,20,24-25H,11H2,1-10H3/t12-,13+,14-,15-,16-,17-,20-/m1/s1. The highest BCUT2D eigenvalue weighted by atomic mass is 28.4. The molecule has 7 atom stereocenters. The van der Waals surface area contributed by atoms with Crippen molar-refractivity contribution in [2.45, 2.75) is 121 Å². The molecule has 0 radical (unpaired) electrons. The number of aliphatic hydroxyl groups excluding tert-OH is 2. The second-order valence-electron chi connectivity index (χ2n) is 12.5. The third-order valence-electron chi connectivity index (χ3n) is 8.09. The molecule has 3 aliphatic heterocycles. The summed E-state index contributed by atoms with van der Waals surface area (Å²) in [4.78, 5) is 27.0. The van der Waals surface area contributed by atoms with Crippen LogP contribution >= 0.6 is 0 Å². The number of ether oxygens (including phenoxy) is 2. The molecule has 2 bridgehead atoms. The zero-order chi connectivity index (χ0) is 25.3. The summed E-state index contributed by atoms with van der Waals surface area (Å²) in [5.74, 6) is -1.68. The van der Waals surface area contributed by atoms with Crippen LogP contribution in [0.3, 0.4) is 0 Å². The van der Waals surface area contributed by atoms with E-state index in [1.165, 1.54) is 0 Å². The van der Waals surface area contributed by atoms with E-state index in [9.17, 15) is 19.8 Å². The van der Waals surface area contributed by atoms with Gasteiger partial charge in [-0.15, -0.1) is 0 Å². The summed E-state index contributed by atoms with van der Waals surface area (Å²) in [6.45, 7) is 21.2. The summed E-state index contributed by atoms with van der Waals surface area (Å²) in [5.41, 5.74) is 0. The number of amides is 2. The van der Waals surface area contributed by atoms with Crippen molar-refractivity contribution in [3.63, 3.8) is 0 Å². The van der Waals surface area contributed by atoms with Crippen LogP contribution in [0.4, 0.5) is 0 Å². The minimum atomic E-state index is -2.41. The van der Waals surface area contributed by atoms with Crippen LogP contribution in [0.2, 0.25) is 36.3 Å². The van der Waals surface area contributed by atoms with E-state index in [4.69, 9.17) is 18.3 Å². The molecule has 33 heavy (non-hydrogen) atoms. The number of hydrogen-bond donors (Lipinski definition) is 2. The molecule has 0 saturated carbocycles. The Bertz CT molecular complexity index is 728. The fourth-order valence-corrected chi connectivity index (χ4v) is 6.52. The Hall–Kier alpha value is -0.666. The Morgan fingerprint density at radius 3 is 1.70 bits per heavy atom. The van der Waals surface area contributed by atoms with Crippen molar-refractivity contribution in [3.8, 4) is 0 Å². The Labute approximate surface area is 199 Å². The first-order chi connectivity index (χ1) is 14.8. The molecule has 2 amide bonds. The SMILES string of the molecule is CC(C)(C)[Si](C)(C)O[C@H]1[C@@H]2OC[C@@H](O2)[C@@H](O[Si](C)(C)C(C)(C)C)[C@@H]1N1C(=O)[C@H](O)[C@@H](O)C1=O. The summed E-state index contributed by atoms with van der Waals surface area (Å²) in [6, 6.07) is -0.883. The third-order valence-corrected chi connectivity index (χ3v) is 17.0. The first-order valence-corrected chi connectivity index (χ1v) is 17.5. The number of carbonyl (C=O) groups is 2. The number of hydrogen-bond acceptors (Lipinski definition) is 8. The molecular formula is C22H41NO8Si2. The minimum absolute atomic E-state index is 0.137. The fraction of sp³-hybridized carbons (Fsp3) is 0.909. The first kappa shape index (κ1) is 26.9. The van der Waals surface area contributed by atoms with E-state index < -0.39 is 71.3 Å². The maximum Gasteiger partial charge on any atom is 0.261 e. The molecule has 0 aromatic heterocycles. The van der Waals surface area contributed by atoms with Crippen molar-refractivity contribution in [3.05, 3.63) is 0 Å². The van der Waals surface area contributed by atoms with Crippen molar-refractivity contribution < 1.29 is 38.1 Å². The first-order valence-electron chi connectivity index (χ1n) is 11.7. The summed E-state index contributed by atoms with van der Waals surface area (Å²) in [7, 11) is -4.79. The lowest BCUT2D eigenvalue weighted by Gasteiger charge is -2.51. The molecule has 0 aromatic carbocycles. The van der Waals surface area contributed by atoms with Gasteiger partial charge in [-0.2, -0.15) is 0 Å². The van der Waals surface area contributed by atoms with Gasteiger partial charge in [-0.05, 0) is 36.3 Å². The van der Waals surface area contributed by atoms with Crippen LogP contribution in [-0.2, 0) is 27.9 Å². The molecule has 0 spiro atoms. The number of aliphatic hydroxyl groups is 2. The molecule has 11 heteroatoms. The predicted molar refractivity (Wildman–Crippen MR) is 126 cm³/mol. The molecule has 190 valence electrons. The van der Waals surface area contributed by atoms with E-state index in [-0.39, 0.29) is 16.7 Å². The number of nitrogens with zero attached hydrogens (tertiary/aromatic N) is 1. The Balaban J connectivity index is 2.09. The summed E-state index contributed by atoms with van der Waals surface area (Å²) in [5, 5.41) is 20.1. The average Bonchev–Trinajstić information content (AvgIpc) is 3.16. The second kappa shape index (κ2) is 8.47. The summed E-state index contributed by atoms with van der Waals surface area (Å²) in [6.07, 6.45) is -6.38. The van der Waals surface area contributed by atoms with E-state index in [2.05, 4.69) is 67.7 Å². The lowest BCUT2D eigenvalue weighted by Crippen LogP contribution is -2.68. The van der Waals surface area contributed by atoms with Gasteiger partial charge < -0.3 is 28.5 Å². The van der Waals surface area contributed by atoms with Gasteiger partial charge in [0, 0.05) is 0 Å². The normalized spacial score (nSPS) is 36.1. The maximum absolute atomic E-state index is 13.0. The predicted octanol–water partition coefficient (Wildman–Crippen LogP) is 1.98. The van der Waals surface area contributed by atoms with Gasteiger partial charge in [-0.25, -0.2) is 0 Å². The topological polar surface area (TPSA) is 115 Å². The molecule has 3 saturated heterocycles. The molecule has 0 unspecified atom stereocenters. The zero-order valence-electron chi connectivity index (χ0n) is 21.5. The summed E-state index contributed by atoms with van der Waals surface area (Å²) < 4.78 is 25.5. The van der Waals surface area contributed by atoms with Crippen LogP contribution in [0.5, 0.6) is 0 Å². The Kier molecular flexibility index (Phi) is 6.91. The molecule has 0 aliphatic carbocycles. The quantitative estimate of drug-likeness (QED) is 0.432. The smallest absolute Gasteiger partial charge is 0.261 e. The highest BCUT2D eigenvalue weighted by molar-refractivity contribution is 6.74. The van der Waals surface area contributed by atoms with E-state index in [1.807, 2.05) is 0 Å². The third kappa shape index (κ3) is 4.63.